The Labute approximate surface area is 101 Å². The fourth-order valence-corrected chi connectivity index (χ4v) is 2.69. The first-order valence-electron chi connectivity index (χ1n) is 6.82. The van der Waals surface area contributed by atoms with Gasteiger partial charge in [0.1, 0.15) is 0 Å². The molecule has 1 fully saturated rings. The van der Waals surface area contributed by atoms with Crippen molar-refractivity contribution in [1.29, 1.82) is 0 Å². The maximum Gasteiger partial charge on any atom is 0.0332 e. The van der Waals surface area contributed by atoms with Crippen LogP contribution in [0.4, 0.5) is 0 Å². The zero-order valence-corrected chi connectivity index (χ0v) is 11.4. The van der Waals surface area contributed by atoms with Crippen LogP contribution in [0.25, 0.3) is 0 Å². The molecule has 0 radical (unpaired) electrons. The number of nitrogens with zero attached hydrogens (tertiary/aromatic N) is 1. The van der Waals surface area contributed by atoms with Gasteiger partial charge < -0.3 is 5.32 Å². The van der Waals surface area contributed by atoms with E-state index in [-0.39, 0.29) is 0 Å². The van der Waals surface area contributed by atoms with Crippen molar-refractivity contribution in [2.45, 2.75) is 58.5 Å². The molecule has 0 saturated carbocycles. The van der Waals surface area contributed by atoms with Crippen molar-refractivity contribution < 1.29 is 0 Å². The number of piperazine rings is 1. The molecule has 0 bridgehead atoms. The molecule has 1 rings (SSSR count). The van der Waals surface area contributed by atoms with Gasteiger partial charge in [-0.1, -0.05) is 32.9 Å². The fourth-order valence-electron chi connectivity index (χ4n) is 2.69. The predicted molar refractivity (Wildman–Crippen MR) is 71.8 cm³/mol. The smallest absolute Gasteiger partial charge is 0.0332 e. The topological polar surface area (TPSA) is 15.3 Å². The van der Waals surface area contributed by atoms with E-state index in [0.29, 0.717) is 11.6 Å². The van der Waals surface area contributed by atoms with Crippen LogP contribution in [-0.4, -0.2) is 36.1 Å². The molecule has 1 unspecified atom stereocenters. The highest BCUT2D eigenvalue weighted by atomic mass is 15.3. The molecule has 0 amide bonds. The average molecular weight is 224 g/mol. The van der Waals surface area contributed by atoms with Crippen molar-refractivity contribution in [2.24, 2.45) is 0 Å². The Bertz CT molecular complexity index is 219. The van der Waals surface area contributed by atoms with Crippen molar-refractivity contribution in [3.8, 4) is 0 Å². The van der Waals surface area contributed by atoms with E-state index < -0.39 is 0 Å². The second-order valence-electron chi connectivity index (χ2n) is 4.89. The number of hydrogen-bond acceptors (Lipinski definition) is 2. The van der Waals surface area contributed by atoms with Gasteiger partial charge in [-0.3, -0.25) is 4.90 Å². The van der Waals surface area contributed by atoms with E-state index in [9.17, 15) is 0 Å². The minimum absolute atomic E-state index is 0.380. The predicted octanol–water partition coefficient (Wildman–Crippen LogP) is 2.81. The summed E-state index contributed by atoms with van der Waals surface area (Å²) in [6, 6.07) is 0.677. The molecule has 0 aromatic carbocycles. The first-order chi connectivity index (χ1) is 7.72. The molecular formula is C14H28N2. The van der Waals surface area contributed by atoms with Gasteiger partial charge in [0.25, 0.3) is 0 Å². The van der Waals surface area contributed by atoms with Gasteiger partial charge in [-0.25, -0.2) is 0 Å². The summed E-state index contributed by atoms with van der Waals surface area (Å²) in [4.78, 5) is 2.68. The average Bonchev–Trinajstić information content (AvgIpc) is 2.36. The number of allylic oxidation sites excluding steroid dienone is 1. The largest absolute Gasteiger partial charge is 0.311 e. The van der Waals surface area contributed by atoms with Crippen molar-refractivity contribution in [3.05, 3.63) is 12.2 Å². The maximum absolute atomic E-state index is 3.70. The van der Waals surface area contributed by atoms with Crippen LogP contribution in [0, 0.1) is 0 Å². The lowest BCUT2D eigenvalue weighted by molar-refractivity contribution is 0.0415. The Morgan fingerprint density at radius 2 is 2.00 bits per heavy atom. The lowest BCUT2D eigenvalue weighted by atomic mass is 9.87. The molecule has 2 nitrogen and oxygen atoms in total. The lowest BCUT2D eigenvalue weighted by Crippen LogP contribution is -2.64. The first kappa shape index (κ1) is 13.7. The number of rotatable bonds is 5. The van der Waals surface area contributed by atoms with E-state index >= 15 is 0 Å². The number of nitrogens with one attached hydrogen (secondary N) is 1. The highest BCUT2D eigenvalue weighted by Crippen LogP contribution is 2.27. The van der Waals surface area contributed by atoms with Gasteiger partial charge in [-0.05, 0) is 26.2 Å². The molecule has 1 atom stereocenters. The van der Waals surface area contributed by atoms with Crippen LogP contribution in [0.1, 0.15) is 47.0 Å². The van der Waals surface area contributed by atoms with Crippen molar-refractivity contribution in [1.82, 2.24) is 10.2 Å². The highest BCUT2D eigenvalue weighted by molar-refractivity contribution is 4.99. The van der Waals surface area contributed by atoms with Gasteiger partial charge in [0.2, 0.25) is 0 Å². The fraction of sp³-hybridized carbons (Fsp3) is 0.857. The summed E-state index contributed by atoms with van der Waals surface area (Å²) < 4.78 is 0. The molecule has 0 spiro atoms. The minimum atomic E-state index is 0.380. The van der Waals surface area contributed by atoms with Crippen LogP contribution < -0.4 is 5.32 Å². The Morgan fingerprint density at radius 3 is 2.50 bits per heavy atom. The molecule has 1 aliphatic heterocycles. The maximum atomic E-state index is 3.70. The van der Waals surface area contributed by atoms with Crippen LogP contribution in [0.2, 0.25) is 0 Å². The summed E-state index contributed by atoms with van der Waals surface area (Å²) in [6.07, 6.45) is 8.17. The van der Waals surface area contributed by atoms with Gasteiger partial charge in [-0.15, -0.1) is 0 Å². The Morgan fingerprint density at radius 1 is 1.31 bits per heavy atom. The Kier molecular flexibility index (Phi) is 5.50. The third-order valence-electron chi connectivity index (χ3n) is 4.20. The molecule has 1 saturated heterocycles. The number of hydrogen-bond donors (Lipinski definition) is 1. The molecule has 1 heterocycles. The zero-order valence-electron chi connectivity index (χ0n) is 11.4. The Hall–Kier alpha value is -0.340. The molecular weight excluding hydrogens is 196 g/mol. The SMILES string of the molecule is C/C=C/CN1CC(CC)NCC1(CC)CC. The van der Waals surface area contributed by atoms with Gasteiger partial charge in [0.15, 0.2) is 0 Å². The summed E-state index contributed by atoms with van der Waals surface area (Å²) in [5.74, 6) is 0. The monoisotopic (exact) mass is 224 g/mol. The molecule has 1 N–H and O–H groups in total. The summed E-state index contributed by atoms with van der Waals surface area (Å²) in [6.45, 7) is 12.5. The van der Waals surface area contributed by atoms with Crippen LogP contribution in [-0.2, 0) is 0 Å². The van der Waals surface area contributed by atoms with Gasteiger partial charge in [0, 0.05) is 31.2 Å². The molecule has 1 aliphatic rings. The molecule has 94 valence electrons. The zero-order chi connectivity index (χ0) is 12.0. The third kappa shape index (κ3) is 2.86. The first-order valence-corrected chi connectivity index (χ1v) is 6.82. The van der Waals surface area contributed by atoms with Gasteiger partial charge in [0.05, 0.1) is 0 Å². The van der Waals surface area contributed by atoms with E-state index in [1.807, 2.05) is 0 Å². The quantitative estimate of drug-likeness (QED) is 0.722. The summed E-state index contributed by atoms with van der Waals surface area (Å²) >= 11 is 0. The van der Waals surface area contributed by atoms with Crippen LogP contribution in [0.3, 0.4) is 0 Å². The third-order valence-corrected chi connectivity index (χ3v) is 4.20. The standard InChI is InChI=1S/C14H28N2/c1-5-9-10-16-11-13(6-2)15-12-14(16,7-3)8-4/h5,9,13,15H,6-8,10-12H2,1-4H3/b9-5+. The van der Waals surface area contributed by atoms with Crippen molar-refractivity contribution in [2.75, 3.05) is 19.6 Å². The molecule has 0 aromatic rings. The van der Waals surface area contributed by atoms with E-state index in [0.717, 1.165) is 13.1 Å². The van der Waals surface area contributed by atoms with Crippen molar-refractivity contribution >= 4 is 0 Å². The second kappa shape index (κ2) is 6.41. The Balaban J connectivity index is 2.73. The van der Waals surface area contributed by atoms with E-state index in [1.54, 1.807) is 0 Å². The van der Waals surface area contributed by atoms with Crippen molar-refractivity contribution in [3.63, 3.8) is 0 Å². The lowest BCUT2D eigenvalue weighted by Gasteiger charge is -2.49. The molecule has 2 heteroatoms. The van der Waals surface area contributed by atoms with Gasteiger partial charge in [-0.2, -0.15) is 0 Å². The summed E-state index contributed by atoms with van der Waals surface area (Å²) in [5.41, 5.74) is 0.380. The van der Waals surface area contributed by atoms with E-state index in [1.165, 1.54) is 25.8 Å². The normalized spacial score (nSPS) is 26.4. The van der Waals surface area contributed by atoms with E-state index in [2.05, 4.69) is 50.1 Å². The minimum Gasteiger partial charge on any atom is -0.311 e. The van der Waals surface area contributed by atoms with Gasteiger partial charge >= 0.3 is 0 Å². The highest BCUT2D eigenvalue weighted by Gasteiger charge is 2.37. The summed E-state index contributed by atoms with van der Waals surface area (Å²) in [5, 5.41) is 3.70. The molecule has 0 aliphatic carbocycles. The van der Waals surface area contributed by atoms with E-state index in [4.69, 9.17) is 0 Å². The molecule has 16 heavy (non-hydrogen) atoms. The summed E-state index contributed by atoms with van der Waals surface area (Å²) in [7, 11) is 0. The molecule has 0 aromatic heterocycles. The second-order valence-corrected chi connectivity index (χ2v) is 4.89. The van der Waals surface area contributed by atoms with Crippen LogP contribution in [0.15, 0.2) is 12.2 Å². The van der Waals surface area contributed by atoms with Crippen LogP contribution in [0.5, 0.6) is 0 Å². The van der Waals surface area contributed by atoms with Crippen LogP contribution >= 0.6 is 0 Å².